The summed E-state index contributed by atoms with van der Waals surface area (Å²) >= 11 is 0. The molecule has 0 aliphatic carbocycles. The minimum Gasteiger partial charge on any atom is -0.370 e. The number of nitrogens with two attached hydrogens (primary N) is 3. The van der Waals surface area contributed by atoms with Gasteiger partial charge in [-0.2, -0.15) is 0 Å². The van der Waals surface area contributed by atoms with Gasteiger partial charge in [-0.05, 0) is 48.1 Å². The number of aromatic nitrogens is 2. The SMILES string of the molecule is CCCC[C@H](NC(C)=O)C(=O)N[C@@H](C)C(=O)N[C@@H](Cc1cnc[nH]1)C(=O)N[C@H](Cc1ccccc1)C(=O)N[C@@H](CCCN=C(N)N)C(=O)N[C@@H](Cc1ccc2ccccc2c1)C(N)=O. The number of carbonyl (C=O) groups is 7. The minimum atomic E-state index is -1.29. The molecule has 64 heavy (non-hydrogen) atoms. The van der Waals surface area contributed by atoms with Gasteiger partial charge in [0.25, 0.3) is 0 Å². The lowest BCUT2D eigenvalue weighted by Gasteiger charge is -2.27. The third kappa shape index (κ3) is 16.2. The number of hydrogen-bond donors (Lipinski definition) is 10. The van der Waals surface area contributed by atoms with E-state index in [4.69, 9.17) is 17.2 Å². The summed E-state index contributed by atoms with van der Waals surface area (Å²) in [4.78, 5) is 105. The zero-order valence-corrected chi connectivity index (χ0v) is 36.4. The molecule has 6 atom stereocenters. The van der Waals surface area contributed by atoms with Gasteiger partial charge in [-0.15, -0.1) is 0 Å². The zero-order valence-electron chi connectivity index (χ0n) is 36.4. The van der Waals surface area contributed by atoms with Crippen LogP contribution in [0.2, 0.25) is 0 Å². The van der Waals surface area contributed by atoms with Gasteiger partial charge in [-0.25, -0.2) is 4.98 Å². The van der Waals surface area contributed by atoms with Gasteiger partial charge in [0.1, 0.15) is 36.3 Å². The van der Waals surface area contributed by atoms with Crippen LogP contribution in [-0.2, 0) is 52.8 Å². The molecule has 1 aromatic heterocycles. The molecule has 0 saturated heterocycles. The lowest BCUT2D eigenvalue weighted by Crippen LogP contribution is -2.60. The van der Waals surface area contributed by atoms with Crippen LogP contribution in [0.4, 0.5) is 0 Å². The predicted octanol–water partition coefficient (Wildman–Crippen LogP) is 0.269. The molecule has 342 valence electrons. The summed E-state index contributed by atoms with van der Waals surface area (Å²) in [5, 5.41) is 18.1. The fraction of sp³-hybridized carbons (Fsp3) is 0.400. The number of benzene rings is 3. The highest BCUT2D eigenvalue weighted by molar-refractivity contribution is 5.97. The highest BCUT2D eigenvalue weighted by Crippen LogP contribution is 2.17. The number of amides is 7. The van der Waals surface area contributed by atoms with Gasteiger partial charge in [-0.3, -0.25) is 38.6 Å². The van der Waals surface area contributed by atoms with Crippen LogP contribution >= 0.6 is 0 Å². The van der Waals surface area contributed by atoms with E-state index >= 15 is 0 Å². The van der Waals surface area contributed by atoms with Crippen LogP contribution in [0.1, 0.15) is 69.7 Å². The van der Waals surface area contributed by atoms with E-state index in [0.29, 0.717) is 24.1 Å². The molecule has 7 amide bonds. The van der Waals surface area contributed by atoms with Crippen LogP contribution in [0.15, 0.2) is 90.3 Å². The van der Waals surface area contributed by atoms with E-state index in [1.807, 2.05) is 49.4 Å². The van der Waals surface area contributed by atoms with E-state index in [0.717, 1.165) is 22.8 Å². The van der Waals surface area contributed by atoms with Crippen molar-refractivity contribution in [1.29, 1.82) is 0 Å². The van der Waals surface area contributed by atoms with Crippen molar-refractivity contribution < 1.29 is 33.6 Å². The van der Waals surface area contributed by atoms with Crippen molar-refractivity contribution in [3.63, 3.8) is 0 Å². The number of H-pyrrole nitrogens is 1. The van der Waals surface area contributed by atoms with E-state index in [1.165, 1.54) is 26.4 Å². The van der Waals surface area contributed by atoms with Gasteiger partial charge >= 0.3 is 0 Å². The number of nitrogens with one attached hydrogen (secondary N) is 7. The number of imidazole rings is 1. The Kier molecular flexibility index (Phi) is 19.2. The van der Waals surface area contributed by atoms with Crippen LogP contribution in [0, 0.1) is 0 Å². The molecular formula is C45H60N12O7. The molecular weight excluding hydrogens is 821 g/mol. The number of aliphatic imine (C=N–C) groups is 1. The molecule has 0 spiro atoms. The number of primary amides is 1. The maximum atomic E-state index is 14.3. The van der Waals surface area contributed by atoms with Gasteiger partial charge < -0.3 is 54.1 Å². The van der Waals surface area contributed by atoms with Gasteiger partial charge in [0.2, 0.25) is 41.4 Å². The maximum absolute atomic E-state index is 14.3. The quantitative estimate of drug-likeness (QED) is 0.0246. The van der Waals surface area contributed by atoms with Crippen molar-refractivity contribution >= 4 is 58.1 Å². The molecule has 0 fully saturated rings. The maximum Gasteiger partial charge on any atom is 0.243 e. The standard InChI is InChI=1S/C45H60N12O7/c1-4-5-16-34(53-28(3)58)41(61)52-27(2)40(60)56-38(24-33-25-49-26-51-33)44(64)57-37(22-29-12-7-6-8-13-29)43(63)54-35(17-11-20-50-45(47)48)42(62)55-36(39(46)59)23-30-18-19-31-14-9-10-15-32(31)21-30/h6-10,12-15,18-19,21,25-27,34-38H,4-5,11,16-17,20,22-24H2,1-3H3,(H2,46,59)(H,49,51)(H,52,61)(H,53,58)(H,54,63)(H,55,62)(H,56,60)(H,57,64)(H4,47,48,50)/t27-,34-,35-,36-,37+,38-/m0/s1. The van der Waals surface area contributed by atoms with Crippen molar-refractivity contribution in [2.24, 2.45) is 22.2 Å². The van der Waals surface area contributed by atoms with Crippen molar-refractivity contribution in [3.8, 4) is 0 Å². The molecule has 0 bridgehead atoms. The molecule has 0 unspecified atom stereocenters. The Labute approximate surface area is 371 Å². The number of nitrogens with zero attached hydrogens (tertiary/aromatic N) is 2. The number of fused-ring (bicyclic) bond motifs is 1. The second-order valence-corrected chi connectivity index (χ2v) is 15.6. The van der Waals surface area contributed by atoms with E-state index < -0.39 is 77.6 Å². The Hall–Kier alpha value is -7.31. The Morgan fingerprint density at radius 1 is 0.625 bits per heavy atom. The Morgan fingerprint density at radius 2 is 1.19 bits per heavy atom. The third-order valence-electron chi connectivity index (χ3n) is 10.3. The summed E-state index contributed by atoms with van der Waals surface area (Å²) in [5.74, 6) is -4.82. The number of aromatic amines is 1. The van der Waals surface area contributed by atoms with Crippen molar-refractivity contribution in [2.75, 3.05) is 6.54 Å². The molecule has 0 aliphatic rings. The van der Waals surface area contributed by atoms with Crippen LogP contribution in [0.3, 0.4) is 0 Å². The average molecular weight is 881 g/mol. The van der Waals surface area contributed by atoms with E-state index in [9.17, 15) is 33.6 Å². The summed E-state index contributed by atoms with van der Waals surface area (Å²) in [6, 6.07) is 15.2. The molecule has 1 heterocycles. The number of rotatable bonds is 25. The van der Waals surface area contributed by atoms with Crippen LogP contribution in [0.25, 0.3) is 10.8 Å². The number of carbonyl (C=O) groups excluding carboxylic acids is 7. The average Bonchev–Trinajstić information content (AvgIpc) is 3.78. The summed E-state index contributed by atoms with van der Waals surface area (Å²) in [6.45, 7) is 4.81. The van der Waals surface area contributed by atoms with Crippen molar-refractivity contribution in [3.05, 3.63) is 102 Å². The second-order valence-electron chi connectivity index (χ2n) is 15.6. The van der Waals surface area contributed by atoms with Crippen molar-refractivity contribution in [2.45, 2.75) is 108 Å². The monoisotopic (exact) mass is 880 g/mol. The Morgan fingerprint density at radius 3 is 1.83 bits per heavy atom. The van der Waals surface area contributed by atoms with Gasteiger partial charge in [0.15, 0.2) is 5.96 Å². The molecule has 4 aromatic rings. The molecule has 3 aromatic carbocycles. The van der Waals surface area contributed by atoms with Crippen LogP contribution < -0.4 is 49.1 Å². The highest BCUT2D eigenvalue weighted by Gasteiger charge is 2.33. The molecule has 0 radical (unpaired) electrons. The lowest BCUT2D eigenvalue weighted by molar-refractivity contribution is -0.135. The zero-order chi connectivity index (χ0) is 46.6. The fourth-order valence-electron chi connectivity index (χ4n) is 6.90. The molecule has 19 nitrogen and oxygen atoms in total. The number of guanidine groups is 1. The van der Waals surface area contributed by atoms with Gasteiger partial charge in [0, 0.05) is 44.6 Å². The van der Waals surface area contributed by atoms with E-state index in [-0.39, 0.29) is 44.6 Å². The summed E-state index contributed by atoms with van der Waals surface area (Å²) in [5.41, 5.74) is 18.7. The first-order valence-electron chi connectivity index (χ1n) is 21.3. The minimum absolute atomic E-state index is 0.0217. The van der Waals surface area contributed by atoms with Crippen LogP contribution in [-0.4, -0.2) is 100 Å². The number of unbranched alkanes of at least 4 members (excludes halogenated alkanes) is 1. The smallest absolute Gasteiger partial charge is 0.243 e. The normalized spacial score (nSPS) is 13.7. The first kappa shape index (κ1) is 49.3. The Balaban J connectivity index is 1.56. The van der Waals surface area contributed by atoms with Gasteiger partial charge in [-0.1, -0.05) is 92.6 Å². The van der Waals surface area contributed by atoms with E-state index in [2.05, 4.69) is 46.9 Å². The molecule has 0 saturated carbocycles. The number of hydrogen-bond acceptors (Lipinski definition) is 9. The molecule has 19 heteroatoms. The van der Waals surface area contributed by atoms with Gasteiger partial charge in [0.05, 0.1) is 6.33 Å². The van der Waals surface area contributed by atoms with E-state index in [1.54, 1.807) is 30.3 Å². The molecule has 4 rings (SSSR count). The highest BCUT2D eigenvalue weighted by atomic mass is 16.2. The predicted molar refractivity (Wildman–Crippen MR) is 242 cm³/mol. The summed E-state index contributed by atoms with van der Waals surface area (Å²) in [7, 11) is 0. The summed E-state index contributed by atoms with van der Waals surface area (Å²) in [6.07, 6.45) is 4.94. The second kappa shape index (κ2) is 25.0. The fourth-order valence-corrected chi connectivity index (χ4v) is 6.90. The lowest BCUT2D eigenvalue weighted by atomic mass is 10.0. The largest absolute Gasteiger partial charge is 0.370 e. The summed E-state index contributed by atoms with van der Waals surface area (Å²) < 4.78 is 0. The van der Waals surface area contributed by atoms with Crippen molar-refractivity contribution in [1.82, 2.24) is 41.9 Å². The van der Waals surface area contributed by atoms with Crippen LogP contribution in [0.5, 0.6) is 0 Å². The first-order chi connectivity index (χ1) is 30.6. The molecule has 13 N–H and O–H groups in total. The topological polar surface area (TPSA) is 311 Å². The first-order valence-corrected chi connectivity index (χ1v) is 21.3. The molecule has 0 aliphatic heterocycles. The third-order valence-corrected chi connectivity index (χ3v) is 10.3. The Bertz CT molecular complexity index is 2230.